The molecule has 3 rings (SSSR count). The first kappa shape index (κ1) is 28.7. The van der Waals surface area contributed by atoms with Crippen LogP contribution in [0.4, 0.5) is 10.5 Å². The summed E-state index contributed by atoms with van der Waals surface area (Å²) in [4.78, 5) is 42.8. The quantitative estimate of drug-likeness (QED) is 0.252. The van der Waals surface area contributed by atoms with Gasteiger partial charge in [-0.2, -0.15) is 0 Å². The number of nitrogens with one attached hydrogen (secondary N) is 2. The molecule has 9 heteroatoms. The predicted octanol–water partition coefficient (Wildman–Crippen LogP) is 5.51. The SMILES string of the molecule is CC[C@H](NC(=O)OC(C)(C)C)c1nc2cccc(NCCCCCC(=O)OC)c2c(=O)n1-c1ccccc1. The van der Waals surface area contributed by atoms with Crippen LogP contribution < -0.4 is 16.2 Å². The number of para-hydroxylation sites is 1. The van der Waals surface area contributed by atoms with Crippen molar-refractivity contribution in [2.45, 2.75) is 71.4 Å². The summed E-state index contributed by atoms with van der Waals surface area (Å²) in [5.74, 6) is 0.226. The van der Waals surface area contributed by atoms with E-state index in [1.807, 2.05) is 49.4 Å². The molecule has 0 aliphatic rings. The average Bonchev–Trinajstić information content (AvgIpc) is 2.88. The molecule has 0 saturated heterocycles. The molecule has 0 spiro atoms. The molecule has 1 amide bonds. The molecule has 0 fully saturated rings. The number of carbonyl (C=O) groups excluding carboxylic acids is 2. The summed E-state index contributed by atoms with van der Waals surface area (Å²) in [6.07, 6.45) is 2.78. The number of fused-ring (bicyclic) bond motifs is 1. The van der Waals surface area contributed by atoms with E-state index in [-0.39, 0.29) is 11.5 Å². The summed E-state index contributed by atoms with van der Waals surface area (Å²) >= 11 is 0. The molecule has 0 aliphatic carbocycles. The maximum absolute atomic E-state index is 14.0. The number of amides is 1. The number of hydrogen-bond donors (Lipinski definition) is 2. The van der Waals surface area contributed by atoms with Crippen LogP contribution in [0.15, 0.2) is 53.3 Å². The molecule has 1 atom stereocenters. The zero-order chi connectivity index (χ0) is 27.7. The number of methoxy groups -OCH3 is 1. The van der Waals surface area contributed by atoms with Gasteiger partial charge in [0, 0.05) is 18.7 Å². The second-order valence-electron chi connectivity index (χ2n) is 10.1. The summed E-state index contributed by atoms with van der Waals surface area (Å²) in [7, 11) is 1.39. The molecule has 1 heterocycles. The monoisotopic (exact) mass is 522 g/mol. The first-order valence-corrected chi connectivity index (χ1v) is 13.1. The van der Waals surface area contributed by atoms with E-state index in [0.29, 0.717) is 47.5 Å². The van der Waals surface area contributed by atoms with Crippen LogP contribution >= 0.6 is 0 Å². The van der Waals surface area contributed by atoms with Crippen molar-refractivity contribution >= 4 is 28.7 Å². The van der Waals surface area contributed by atoms with E-state index in [2.05, 4.69) is 15.4 Å². The Morgan fingerprint density at radius 2 is 1.76 bits per heavy atom. The number of hydrogen-bond acceptors (Lipinski definition) is 7. The van der Waals surface area contributed by atoms with Gasteiger partial charge in [0.2, 0.25) is 0 Å². The van der Waals surface area contributed by atoms with Crippen LogP contribution in [-0.2, 0) is 14.3 Å². The lowest BCUT2D eigenvalue weighted by molar-refractivity contribution is -0.140. The third-order valence-electron chi connectivity index (χ3n) is 5.95. The standard InChI is InChI=1S/C29H38N4O5/c1-6-21(32-28(36)38-29(2,3)4)26-31-23-17-13-16-22(30-19-12-8-11-18-24(34)37-5)25(23)27(35)33(26)20-14-9-7-10-15-20/h7,9-10,13-17,21,30H,6,8,11-12,18-19H2,1-5H3,(H,32,36)/t21-/m0/s1. The fourth-order valence-electron chi connectivity index (χ4n) is 4.15. The lowest BCUT2D eigenvalue weighted by atomic mass is 10.1. The highest BCUT2D eigenvalue weighted by Gasteiger charge is 2.25. The van der Waals surface area contributed by atoms with Crippen molar-refractivity contribution in [3.8, 4) is 5.69 Å². The highest BCUT2D eigenvalue weighted by atomic mass is 16.6. The zero-order valence-corrected chi connectivity index (χ0v) is 22.9. The van der Waals surface area contributed by atoms with Crippen LogP contribution in [-0.4, -0.2) is 40.9 Å². The molecule has 3 aromatic rings. The van der Waals surface area contributed by atoms with Gasteiger partial charge in [-0.15, -0.1) is 0 Å². The Morgan fingerprint density at radius 3 is 2.42 bits per heavy atom. The van der Waals surface area contributed by atoms with Crippen LogP contribution in [0.1, 0.15) is 71.7 Å². The van der Waals surface area contributed by atoms with Gasteiger partial charge in [-0.1, -0.05) is 37.6 Å². The highest BCUT2D eigenvalue weighted by Crippen LogP contribution is 2.25. The third kappa shape index (κ3) is 7.57. The largest absolute Gasteiger partial charge is 0.469 e. The van der Waals surface area contributed by atoms with Crippen molar-refractivity contribution in [1.82, 2.24) is 14.9 Å². The number of aromatic nitrogens is 2. The van der Waals surface area contributed by atoms with E-state index in [4.69, 9.17) is 9.72 Å². The van der Waals surface area contributed by atoms with Crippen LogP contribution in [0.5, 0.6) is 0 Å². The van der Waals surface area contributed by atoms with Gasteiger partial charge in [0.15, 0.2) is 0 Å². The molecule has 0 radical (unpaired) electrons. The molecule has 0 saturated carbocycles. The van der Waals surface area contributed by atoms with Gasteiger partial charge < -0.3 is 20.1 Å². The molecular weight excluding hydrogens is 484 g/mol. The number of anilines is 1. The predicted molar refractivity (Wildman–Crippen MR) is 149 cm³/mol. The lowest BCUT2D eigenvalue weighted by Crippen LogP contribution is -2.37. The van der Waals surface area contributed by atoms with Gasteiger partial charge in [-0.05, 0) is 64.3 Å². The summed E-state index contributed by atoms with van der Waals surface area (Å²) in [6, 6.07) is 14.3. The Hall–Kier alpha value is -3.88. The third-order valence-corrected chi connectivity index (χ3v) is 5.95. The van der Waals surface area contributed by atoms with Gasteiger partial charge in [-0.3, -0.25) is 14.2 Å². The van der Waals surface area contributed by atoms with E-state index < -0.39 is 17.7 Å². The number of unbranched alkanes of at least 4 members (excludes halogenated alkanes) is 2. The summed E-state index contributed by atoms with van der Waals surface area (Å²) in [5.41, 5.74) is 1.01. The average molecular weight is 523 g/mol. The molecule has 9 nitrogen and oxygen atoms in total. The highest BCUT2D eigenvalue weighted by molar-refractivity contribution is 5.91. The maximum Gasteiger partial charge on any atom is 0.408 e. The Kier molecular flexibility index (Phi) is 9.87. The molecule has 2 aromatic carbocycles. The minimum Gasteiger partial charge on any atom is -0.469 e. The Balaban J connectivity index is 1.97. The summed E-state index contributed by atoms with van der Waals surface area (Å²) in [5, 5.41) is 6.73. The topological polar surface area (TPSA) is 112 Å². The minimum absolute atomic E-state index is 0.207. The molecule has 2 N–H and O–H groups in total. The van der Waals surface area contributed by atoms with Gasteiger partial charge in [0.05, 0.1) is 29.7 Å². The van der Waals surface area contributed by atoms with Gasteiger partial charge in [0.25, 0.3) is 5.56 Å². The molecule has 0 bridgehead atoms. The van der Waals surface area contributed by atoms with Gasteiger partial charge in [0.1, 0.15) is 11.4 Å². The summed E-state index contributed by atoms with van der Waals surface area (Å²) in [6.45, 7) is 7.97. The smallest absolute Gasteiger partial charge is 0.408 e. The number of rotatable bonds is 11. The maximum atomic E-state index is 14.0. The fraction of sp³-hybridized carbons (Fsp3) is 0.448. The second kappa shape index (κ2) is 13.1. The Bertz CT molecular complexity index is 1300. The van der Waals surface area contributed by atoms with E-state index >= 15 is 0 Å². The van der Waals surface area contributed by atoms with Crippen molar-refractivity contribution in [1.29, 1.82) is 0 Å². The first-order valence-electron chi connectivity index (χ1n) is 13.1. The molecule has 1 aromatic heterocycles. The van der Waals surface area contributed by atoms with Crippen molar-refractivity contribution in [2.75, 3.05) is 19.0 Å². The van der Waals surface area contributed by atoms with E-state index in [0.717, 1.165) is 19.3 Å². The van der Waals surface area contributed by atoms with Crippen LogP contribution in [0.2, 0.25) is 0 Å². The Labute approximate surface area is 223 Å². The van der Waals surface area contributed by atoms with E-state index in [1.54, 1.807) is 31.4 Å². The molecule has 204 valence electrons. The number of ether oxygens (including phenoxy) is 2. The van der Waals surface area contributed by atoms with Gasteiger partial charge >= 0.3 is 12.1 Å². The lowest BCUT2D eigenvalue weighted by Gasteiger charge is -2.25. The number of esters is 1. The number of carbonyl (C=O) groups is 2. The molecule has 0 aliphatic heterocycles. The number of benzene rings is 2. The molecule has 0 unspecified atom stereocenters. The second-order valence-corrected chi connectivity index (χ2v) is 10.1. The van der Waals surface area contributed by atoms with E-state index in [9.17, 15) is 14.4 Å². The molecule has 38 heavy (non-hydrogen) atoms. The zero-order valence-electron chi connectivity index (χ0n) is 22.9. The van der Waals surface area contributed by atoms with Crippen LogP contribution in [0.25, 0.3) is 16.6 Å². The number of alkyl carbamates (subject to hydrolysis) is 1. The van der Waals surface area contributed by atoms with E-state index in [1.165, 1.54) is 7.11 Å². The molecular formula is C29H38N4O5. The fourth-order valence-corrected chi connectivity index (χ4v) is 4.15. The summed E-state index contributed by atoms with van der Waals surface area (Å²) < 4.78 is 11.7. The van der Waals surface area contributed by atoms with Crippen molar-refractivity contribution in [3.63, 3.8) is 0 Å². The van der Waals surface area contributed by atoms with Crippen molar-refractivity contribution < 1.29 is 19.1 Å². The van der Waals surface area contributed by atoms with Crippen LogP contribution in [0, 0.1) is 0 Å². The van der Waals surface area contributed by atoms with Gasteiger partial charge in [-0.25, -0.2) is 9.78 Å². The minimum atomic E-state index is -0.655. The Morgan fingerprint density at radius 1 is 1.03 bits per heavy atom. The normalized spacial score (nSPS) is 12.1. The van der Waals surface area contributed by atoms with Crippen molar-refractivity contribution in [3.05, 3.63) is 64.7 Å². The van der Waals surface area contributed by atoms with Crippen LogP contribution in [0.3, 0.4) is 0 Å². The first-order chi connectivity index (χ1) is 18.1. The number of nitrogens with zero attached hydrogens (tertiary/aromatic N) is 2. The van der Waals surface area contributed by atoms with Crippen molar-refractivity contribution in [2.24, 2.45) is 0 Å².